The SMILES string of the molecule is CC1(C)OC[C@H]([C@H]2O[C@@H](c3ccccc3)O[C@@H]3[C@H]2OC(=O)[C@@H]3O)O1. The van der Waals surface area contributed by atoms with Crippen LogP contribution in [-0.4, -0.2) is 54.0 Å². The Hall–Kier alpha value is -1.51. The lowest BCUT2D eigenvalue weighted by Gasteiger charge is -2.39. The number of hydrogen-bond acceptors (Lipinski definition) is 7. The number of benzene rings is 1. The van der Waals surface area contributed by atoms with Gasteiger partial charge >= 0.3 is 5.97 Å². The molecule has 0 bridgehead atoms. The zero-order chi connectivity index (χ0) is 16.9. The molecule has 0 aromatic heterocycles. The minimum atomic E-state index is -1.33. The quantitative estimate of drug-likeness (QED) is 0.804. The van der Waals surface area contributed by atoms with Crippen LogP contribution in [0.4, 0.5) is 0 Å². The standard InChI is InChI=1S/C17H20O7/c1-17(2)20-8-10(24-17)12-14-13(11(18)15(19)21-14)23-16(22-12)9-6-4-3-5-7-9/h3-7,10-14,16,18H,8H2,1-2H3/t10-,11-,12-,13+,14+,16-/m1/s1. The Bertz CT molecular complexity index is 617. The molecule has 3 saturated heterocycles. The van der Waals surface area contributed by atoms with E-state index < -0.39 is 48.6 Å². The van der Waals surface area contributed by atoms with Crippen LogP contribution in [0.5, 0.6) is 0 Å². The van der Waals surface area contributed by atoms with Crippen LogP contribution in [0.25, 0.3) is 0 Å². The second-order valence-electron chi connectivity index (χ2n) is 6.66. The zero-order valence-corrected chi connectivity index (χ0v) is 13.5. The van der Waals surface area contributed by atoms with Crippen LogP contribution in [0.2, 0.25) is 0 Å². The van der Waals surface area contributed by atoms with Crippen molar-refractivity contribution in [3.63, 3.8) is 0 Å². The Balaban J connectivity index is 1.62. The van der Waals surface area contributed by atoms with Crippen LogP contribution < -0.4 is 0 Å². The maximum Gasteiger partial charge on any atom is 0.338 e. The molecule has 6 atom stereocenters. The lowest BCUT2D eigenvalue weighted by atomic mass is 9.99. The Kier molecular flexibility index (Phi) is 3.85. The summed E-state index contributed by atoms with van der Waals surface area (Å²) in [7, 11) is 0. The predicted molar refractivity (Wildman–Crippen MR) is 79.7 cm³/mol. The summed E-state index contributed by atoms with van der Waals surface area (Å²) in [5.74, 6) is -1.43. The van der Waals surface area contributed by atoms with Crippen molar-refractivity contribution in [1.82, 2.24) is 0 Å². The van der Waals surface area contributed by atoms with Crippen molar-refractivity contribution in [2.45, 2.75) is 56.4 Å². The van der Waals surface area contributed by atoms with Gasteiger partial charge in [-0.15, -0.1) is 0 Å². The number of esters is 1. The van der Waals surface area contributed by atoms with E-state index in [1.807, 2.05) is 44.2 Å². The molecule has 0 saturated carbocycles. The third kappa shape index (κ3) is 2.72. The van der Waals surface area contributed by atoms with E-state index in [0.717, 1.165) is 5.56 Å². The minimum absolute atomic E-state index is 0.316. The summed E-state index contributed by atoms with van der Waals surface area (Å²) < 4.78 is 28.6. The molecule has 3 heterocycles. The first-order valence-electron chi connectivity index (χ1n) is 8.01. The number of aliphatic hydroxyl groups excluding tert-OH is 1. The van der Waals surface area contributed by atoms with Gasteiger partial charge in [0.2, 0.25) is 0 Å². The minimum Gasteiger partial charge on any atom is -0.455 e. The van der Waals surface area contributed by atoms with Gasteiger partial charge in [-0.3, -0.25) is 0 Å². The number of hydrogen-bond donors (Lipinski definition) is 1. The van der Waals surface area contributed by atoms with E-state index in [1.54, 1.807) is 0 Å². The molecule has 4 rings (SSSR count). The molecule has 130 valence electrons. The number of rotatable bonds is 2. The molecule has 1 N–H and O–H groups in total. The number of fused-ring (bicyclic) bond motifs is 1. The van der Waals surface area contributed by atoms with Gasteiger partial charge in [0.05, 0.1) is 6.61 Å². The molecule has 3 aliphatic rings. The van der Waals surface area contributed by atoms with Gasteiger partial charge in [0, 0.05) is 5.56 Å². The highest BCUT2D eigenvalue weighted by molar-refractivity contribution is 5.78. The summed E-state index contributed by atoms with van der Waals surface area (Å²) in [5.41, 5.74) is 0.797. The summed E-state index contributed by atoms with van der Waals surface area (Å²) in [6.07, 6.45) is -4.57. The van der Waals surface area contributed by atoms with Gasteiger partial charge in [-0.2, -0.15) is 0 Å². The van der Waals surface area contributed by atoms with Crippen molar-refractivity contribution in [1.29, 1.82) is 0 Å². The van der Waals surface area contributed by atoms with E-state index in [0.29, 0.717) is 6.61 Å². The van der Waals surface area contributed by atoms with Gasteiger partial charge < -0.3 is 28.8 Å². The van der Waals surface area contributed by atoms with E-state index in [-0.39, 0.29) is 0 Å². The molecule has 3 fully saturated rings. The average Bonchev–Trinajstić information content (AvgIpc) is 3.07. The van der Waals surface area contributed by atoms with Crippen molar-refractivity contribution < 1.29 is 33.6 Å². The fraction of sp³-hybridized carbons (Fsp3) is 0.588. The molecule has 3 aliphatic heterocycles. The second-order valence-corrected chi connectivity index (χ2v) is 6.66. The number of carbonyl (C=O) groups excluding carboxylic acids is 1. The highest BCUT2D eigenvalue weighted by Gasteiger charge is 2.57. The Morgan fingerprint density at radius 3 is 2.46 bits per heavy atom. The van der Waals surface area contributed by atoms with Crippen LogP contribution in [0.1, 0.15) is 25.7 Å². The highest BCUT2D eigenvalue weighted by atomic mass is 16.8. The molecular weight excluding hydrogens is 316 g/mol. The molecule has 7 nitrogen and oxygen atoms in total. The van der Waals surface area contributed by atoms with Gasteiger partial charge in [-0.25, -0.2) is 4.79 Å². The van der Waals surface area contributed by atoms with E-state index in [4.69, 9.17) is 23.7 Å². The number of ether oxygens (including phenoxy) is 5. The lowest BCUT2D eigenvalue weighted by molar-refractivity contribution is -0.302. The van der Waals surface area contributed by atoms with Gasteiger partial charge in [0.25, 0.3) is 0 Å². The molecule has 0 unspecified atom stereocenters. The topological polar surface area (TPSA) is 83.5 Å². The van der Waals surface area contributed by atoms with Crippen molar-refractivity contribution in [3.05, 3.63) is 35.9 Å². The van der Waals surface area contributed by atoms with Crippen LogP contribution in [0.15, 0.2) is 30.3 Å². The molecule has 1 aromatic rings. The van der Waals surface area contributed by atoms with Gasteiger partial charge in [0.1, 0.15) is 18.3 Å². The van der Waals surface area contributed by atoms with Gasteiger partial charge in [0.15, 0.2) is 24.3 Å². The Labute approximate surface area is 139 Å². The molecule has 7 heteroatoms. The molecule has 24 heavy (non-hydrogen) atoms. The first-order valence-corrected chi connectivity index (χ1v) is 8.01. The maximum absolute atomic E-state index is 11.8. The number of aliphatic hydroxyl groups is 1. The predicted octanol–water partition coefficient (Wildman–Crippen LogP) is 0.907. The Morgan fingerprint density at radius 2 is 1.79 bits per heavy atom. The van der Waals surface area contributed by atoms with E-state index in [2.05, 4.69) is 0 Å². The fourth-order valence-corrected chi connectivity index (χ4v) is 3.33. The van der Waals surface area contributed by atoms with Crippen molar-refractivity contribution in [3.8, 4) is 0 Å². The van der Waals surface area contributed by atoms with E-state index in [1.165, 1.54) is 0 Å². The average molecular weight is 336 g/mol. The third-order valence-electron chi connectivity index (χ3n) is 4.48. The summed E-state index contributed by atoms with van der Waals surface area (Å²) in [5, 5.41) is 10.1. The fourth-order valence-electron chi connectivity index (χ4n) is 3.33. The molecule has 0 radical (unpaired) electrons. The Morgan fingerprint density at radius 1 is 1.08 bits per heavy atom. The smallest absolute Gasteiger partial charge is 0.338 e. The van der Waals surface area contributed by atoms with Gasteiger partial charge in [-0.05, 0) is 13.8 Å². The second kappa shape index (κ2) is 5.79. The number of carbonyl (C=O) groups is 1. The summed E-state index contributed by atoms with van der Waals surface area (Å²) in [4.78, 5) is 11.8. The van der Waals surface area contributed by atoms with E-state index in [9.17, 15) is 9.90 Å². The molecule has 1 aromatic carbocycles. The largest absolute Gasteiger partial charge is 0.455 e. The van der Waals surface area contributed by atoms with Crippen molar-refractivity contribution in [2.75, 3.05) is 6.61 Å². The monoisotopic (exact) mass is 336 g/mol. The summed E-state index contributed by atoms with van der Waals surface area (Å²) >= 11 is 0. The maximum atomic E-state index is 11.8. The zero-order valence-electron chi connectivity index (χ0n) is 13.5. The van der Waals surface area contributed by atoms with Crippen LogP contribution in [-0.2, 0) is 28.5 Å². The van der Waals surface area contributed by atoms with Crippen LogP contribution in [0.3, 0.4) is 0 Å². The molecule has 0 amide bonds. The normalized spacial score (nSPS) is 41.0. The first kappa shape index (κ1) is 16.0. The van der Waals surface area contributed by atoms with Crippen LogP contribution >= 0.6 is 0 Å². The highest BCUT2D eigenvalue weighted by Crippen LogP contribution is 2.40. The first-order chi connectivity index (χ1) is 11.4. The van der Waals surface area contributed by atoms with Crippen LogP contribution in [0, 0.1) is 0 Å². The molecular formula is C17H20O7. The lowest BCUT2D eigenvalue weighted by Crippen LogP contribution is -2.53. The third-order valence-corrected chi connectivity index (χ3v) is 4.48. The van der Waals surface area contributed by atoms with E-state index >= 15 is 0 Å². The van der Waals surface area contributed by atoms with Crippen molar-refractivity contribution in [2.24, 2.45) is 0 Å². The molecule has 0 spiro atoms. The summed E-state index contributed by atoms with van der Waals surface area (Å²) in [6, 6.07) is 9.35. The van der Waals surface area contributed by atoms with Gasteiger partial charge in [-0.1, -0.05) is 30.3 Å². The van der Waals surface area contributed by atoms with Crippen molar-refractivity contribution >= 4 is 5.97 Å². The molecule has 0 aliphatic carbocycles. The summed E-state index contributed by atoms with van der Waals surface area (Å²) in [6.45, 7) is 3.94.